The van der Waals surface area contributed by atoms with E-state index in [9.17, 15) is 14.0 Å². The van der Waals surface area contributed by atoms with Crippen LogP contribution in [0.1, 0.15) is 29.0 Å². The quantitative estimate of drug-likeness (QED) is 0.719. The zero-order valence-corrected chi connectivity index (χ0v) is 15.7. The molecule has 3 heterocycles. The lowest BCUT2D eigenvalue weighted by atomic mass is 10.1. The van der Waals surface area contributed by atoms with Crippen LogP contribution in [0.2, 0.25) is 0 Å². The standard InChI is InChI=1S/C19H20FN7O2/c1-11-10-26(13-4-2-12(8-20)3-5-13)19(29)17-15(9-22-27(11)17)23-18(28)14-6-7-16(21)25-24-14/h2-7,9,11,16,25H,8,10,21H2,1H3,(H,23,28)/t11-,16?/m0/s1. The minimum Gasteiger partial charge on any atom is -0.317 e. The maximum absolute atomic E-state index is 13.2. The second-order valence-corrected chi connectivity index (χ2v) is 6.88. The Bertz CT molecular complexity index is 1010. The van der Waals surface area contributed by atoms with E-state index in [1.165, 1.54) is 12.3 Å². The van der Waals surface area contributed by atoms with Gasteiger partial charge in [0.2, 0.25) is 0 Å². The predicted octanol–water partition coefficient (Wildman–Crippen LogP) is 1.31. The Balaban J connectivity index is 1.60. The minimum absolute atomic E-state index is 0.110. The van der Waals surface area contributed by atoms with E-state index in [0.717, 1.165) is 0 Å². The topological polar surface area (TPSA) is 118 Å². The van der Waals surface area contributed by atoms with Crippen molar-refractivity contribution < 1.29 is 14.0 Å². The molecule has 2 atom stereocenters. The highest BCUT2D eigenvalue weighted by molar-refractivity contribution is 6.47. The molecule has 2 aliphatic rings. The van der Waals surface area contributed by atoms with Gasteiger partial charge in [-0.25, -0.2) is 4.39 Å². The van der Waals surface area contributed by atoms with Crippen molar-refractivity contribution in [2.45, 2.75) is 25.8 Å². The van der Waals surface area contributed by atoms with Crippen molar-refractivity contribution in [2.24, 2.45) is 10.8 Å². The first-order valence-corrected chi connectivity index (χ1v) is 9.10. The van der Waals surface area contributed by atoms with Gasteiger partial charge in [-0.3, -0.25) is 19.7 Å². The van der Waals surface area contributed by atoms with Crippen molar-refractivity contribution in [1.29, 1.82) is 0 Å². The van der Waals surface area contributed by atoms with Gasteiger partial charge in [-0.05, 0) is 36.8 Å². The molecule has 0 spiro atoms. The number of nitrogens with zero attached hydrogens (tertiary/aromatic N) is 4. The van der Waals surface area contributed by atoms with Gasteiger partial charge in [0.15, 0.2) is 5.69 Å². The van der Waals surface area contributed by atoms with Gasteiger partial charge < -0.3 is 16.0 Å². The third-order valence-electron chi connectivity index (χ3n) is 4.79. The fourth-order valence-electron chi connectivity index (χ4n) is 3.27. The molecule has 4 N–H and O–H groups in total. The van der Waals surface area contributed by atoms with Crippen molar-refractivity contribution >= 4 is 28.9 Å². The van der Waals surface area contributed by atoms with Gasteiger partial charge in [0, 0.05) is 12.2 Å². The number of hydrazone groups is 1. The highest BCUT2D eigenvalue weighted by atomic mass is 19.1. The third kappa shape index (κ3) is 3.49. The molecule has 9 nitrogen and oxygen atoms in total. The number of carbonyl (C=O) groups excluding carboxylic acids is 2. The van der Waals surface area contributed by atoms with Crippen LogP contribution in [0.25, 0.3) is 0 Å². The van der Waals surface area contributed by atoms with Crippen molar-refractivity contribution in [3.63, 3.8) is 0 Å². The SMILES string of the molecule is C[C@H]1CN(c2ccc(CF)cc2)C(=O)c2c(NC(=O)C3=NNC(N)C=C3)cnn21. The molecule has 4 rings (SSSR count). The molecule has 0 saturated heterocycles. The molecule has 0 bridgehead atoms. The molecule has 0 radical (unpaired) electrons. The number of halogens is 1. The van der Waals surface area contributed by atoms with E-state index in [1.54, 1.807) is 39.9 Å². The van der Waals surface area contributed by atoms with Crippen LogP contribution in [-0.4, -0.2) is 40.0 Å². The molecule has 2 aliphatic heterocycles. The van der Waals surface area contributed by atoms with E-state index in [2.05, 4.69) is 20.9 Å². The Hall–Kier alpha value is -3.53. The molecule has 2 aromatic rings. The van der Waals surface area contributed by atoms with Gasteiger partial charge in [0.05, 0.1) is 17.9 Å². The lowest BCUT2D eigenvalue weighted by Crippen LogP contribution is -2.43. The highest BCUT2D eigenvalue weighted by Gasteiger charge is 2.34. The van der Waals surface area contributed by atoms with E-state index in [1.807, 2.05) is 6.92 Å². The molecule has 1 aromatic heterocycles. The number of amides is 2. The highest BCUT2D eigenvalue weighted by Crippen LogP contribution is 2.30. The molecule has 10 heteroatoms. The average Bonchev–Trinajstić information content (AvgIpc) is 3.16. The Labute approximate surface area is 166 Å². The van der Waals surface area contributed by atoms with Crippen LogP contribution in [0.5, 0.6) is 0 Å². The van der Waals surface area contributed by atoms with Crippen LogP contribution in [0.15, 0.2) is 47.7 Å². The van der Waals surface area contributed by atoms with E-state index >= 15 is 0 Å². The van der Waals surface area contributed by atoms with Crippen LogP contribution >= 0.6 is 0 Å². The van der Waals surface area contributed by atoms with Crippen molar-refractivity contribution in [1.82, 2.24) is 15.2 Å². The number of carbonyl (C=O) groups is 2. The van der Waals surface area contributed by atoms with Gasteiger partial charge in [0.25, 0.3) is 11.8 Å². The zero-order valence-electron chi connectivity index (χ0n) is 15.7. The first-order chi connectivity index (χ1) is 14.0. The molecular formula is C19H20FN7O2. The predicted molar refractivity (Wildman–Crippen MR) is 106 cm³/mol. The first kappa shape index (κ1) is 18.8. The molecule has 0 saturated carbocycles. The summed E-state index contributed by atoms with van der Waals surface area (Å²) in [6, 6.07) is 6.60. The number of nitrogens with two attached hydrogens (primary N) is 1. The third-order valence-corrected chi connectivity index (χ3v) is 4.79. The fraction of sp³-hybridized carbons (Fsp3) is 0.263. The summed E-state index contributed by atoms with van der Waals surface area (Å²) in [7, 11) is 0. The molecule has 0 fully saturated rings. The van der Waals surface area contributed by atoms with Crippen LogP contribution in [0.3, 0.4) is 0 Å². The summed E-state index contributed by atoms with van der Waals surface area (Å²) in [6.45, 7) is 1.77. The second-order valence-electron chi connectivity index (χ2n) is 6.88. The Kier molecular flexibility index (Phi) is 4.85. The zero-order chi connectivity index (χ0) is 20.5. The largest absolute Gasteiger partial charge is 0.317 e. The molecule has 1 aromatic carbocycles. The van der Waals surface area contributed by atoms with Crippen molar-refractivity contribution in [2.75, 3.05) is 16.8 Å². The lowest BCUT2D eigenvalue weighted by molar-refractivity contribution is -0.110. The van der Waals surface area contributed by atoms with E-state index in [0.29, 0.717) is 23.5 Å². The number of nitrogens with one attached hydrogen (secondary N) is 2. The number of aromatic nitrogens is 2. The fourth-order valence-corrected chi connectivity index (χ4v) is 3.27. The number of alkyl halides is 1. The van der Waals surface area contributed by atoms with Gasteiger partial charge >= 0.3 is 0 Å². The van der Waals surface area contributed by atoms with Gasteiger partial charge in [-0.1, -0.05) is 12.1 Å². The minimum atomic E-state index is -0.564. The van der Waals surface area contributed by atoms with Crippen molar-refractivity contribution in [3.8, 4) is 0 Å². The number of hydrogen-bond acceptors (Lipinski definition) is 6. The summed E-state index contributed by atoms with van der Waals surface area (Å²) in [5.74, 6) is -0.786. The Morgan fingerprint density at radius 2 is 2.14 bits per heavy atom. The van der Waals surface area contributed by atoms with E-state index in [-0.39, 0.29) is 23.4 Å². The van der Waals surface area contributed by atoms with Crippen LogP contribution < -0.4 is 21.4 Å². The molecular weight excluding hydrogens is 377 g/mol. The number of anilines is 2. The molecule has 29 heavy (non-hydrogen) atoms. The second kappa shape index (κ2) is 7.47. The lowest BCUT2D eigenvalue weighted by Gasteiger charge is -2.32. The molecule has 0 aliphatic carbocycles. The maximum Gasteiger partial charge on any atom is 0.278 e. The van der Waals surface area contributed by atoms with Gasteiger partial charge in [-0.2, -0.15) is 10.2 Å². The molecule has 1 unspecified atom stereocenters. The average molecular weight is 397 g/mol. The summed E-state index contributed by atoms with van der Waals surface area (Å²) in [6.07, 6.45) is 4.11. The van der Waals surface area contributed by atoms with Crippen LogP contribution in [0, 0.1) is 0 Å². The summed E-state index contributed by atoms with van der Waals surface area (Å²) >= 11 is 0. The van der Waals surface area contributed by atoms with Crippen LogP contribution in [0.4, 0.5) is 15.8 Å². The number of benzene rings is 1. The monoisotopic (exact) mass is 397 g/mol. The van der Waals surface area contributed by atoms with Crippen molar-refractivity contribution in [3.05, 3.63) is 53.9 Å². The normalized spacial score (nSPS) is 20.7. The first-order valence-electron chi connectivity index (χ1n) is 9.10. The van der Waals surface area contributed by atoms with E-state index < -0.39 is 18.7 Å². The summed E-state index contributed by atoms with van der Waals surface area (Å²) in [5, 5.41) is 10.9. The summed E-state index contributed by atoms with van der Waals surface area (Å²) < 4.78 is 14.4. The van der Waals surface area contributed by atoms with Gasteiger partial charge in [0.1, 0.15) is 18.6 Å². The van der Waals surface area contributed by atoms with E-state index in [4.69, 9.17) is 5.73 Å². The number of fused-ring (bicyclic) bond motifs is 1. The number of rotatable bonds is 4. The number of hydrogen-bond donors (Lipinski definition) is 3. The maximum atomic E-state index is 13.2. The van der Waals surface area contributed by atoms with Gasteiger partial charge in [-0.15, -0.1) is 0 Å². The summed E-state index contributed by atoms with van der Waals surface area (Å²) in [4.78, 5) is 27.3. The Morgan fingerprint density at radius 3 is 2.79 bits per heavy atom. The molecule has 150 valence electrons. The molecule has 2 amide bonds. The van der Waals surface area contributed by atoms with Crippen LogP contribution in [-0.2, 0) is 11.5 Å². The summed E-state index contributed by atoms with van der Waals surface area (Å²) in [5.41, 5.74) is 10.1. The Morgan fingerprint density at radius 1 is 1.38 bits per heavy atom. The smallest absolute Gasteiger partial charge is 0.278 e.